The summed E-state index contributed by atoms with van der Waals surface area (Å²) in [5.41, 5.74) is 10.1. The highest BCUT2D eigenvalue weighted by Crippen LogP contribution is 2.28. The SMILES string of the molecule is Cc1ccc(C(C)C)c(OCc2ccc(C(=O)NNC3=CC(=O)CCC3)cc2)c1. The molecule has 5 heteroatoms. The van der Waals surface area contributed by atoms with Gasteiger partial charge in [-0.3, -0.25) is 15.0 Å². The van der Waals surface area contributed by atoms with E-state index >= 15 is 0 Å². The van der Waals surface area contributed by atoms with E-state index in [0.717, 1.165) is 29.9 Å². The van der Waals surface area contributed by atoms with Crippen LogP contribution in [0.4, 0.5) is 0 Å². The molecular formula is C24H28N2O3. The van der Waals surface area contributed by atoms with Crippen molar-refractivity contribution in [3.63, 3.8) is 0 Å². The van der Waals surface area contributed by atoms with E-state index in [9.17, 15) is 9.59 Å². The van der Waals surface area contributed by atoms with E-state index in [1.165, 1.54) is 11.1 Å². The predicted molar refractivity (Wildman–Crippen MR) is 114 cm³/mol. The minimum Gasteiger partial charge on any atom is -0.489 e. The maximum absolute atomic E-state index is 12.3. The average molecular weight is 392 g/mol. The molecule has 0 bridgehead atoms. The maximum atomic E-state index is 12.3. The Hall–Kier alpha value is -3.08. The topological polar surface area (TPSA) is 67.4 Å². The molecule has 0 radical (unpaired) electrons. The third-order valence-corrected chi connectivity index (χ3v) is 4.94. The molecule has 2 aromatic carbocycles. The fourth-order valence-electron chi connectivity index (χ4n) is 3.26. The summed E-state index contributed by atoms with van der Waals surface area (Å²) in [6, 6.07) is 13.6. The van der Waals surface area contributed by atoms with Gasteiger partial charge in [-0.15, -0.1) is 0 Å². The lowest BCUT2D eigenvalue weighted by Crippen LogP contribution is -2.37. The predicted octanol–water partition coefficient (Wildman–Crippen LogP) is 4.57. The summed E-state index contributed by atoms with van der Waals surface area (Å²) < 4.78 is 6.05. The van der Waals surface area contributed by atoms with Gasteiger partial charge in [-0.05, 0) is 60.6 Å². The molecule has 0 atom stereocenters. The number of ketones is 1. The number of carbonyl (C=O) groups excluding carboxylic acids is 2. The van der Waals surface area contributed by atoms with E-state index in [1.807, 2.05) is 12.1 Å². The number of carbonyl (C=O) groups is 2. The Balaban J connectivity index is 1.57. The molecule has 1 aliphatic rings. The van der Waals surface area contributed by atoms with Crippen molar-refractivity contribution < 1.29 is 14.3 Å². The lowest BCUT2D eigenvalue weighted by Gasteiger charge is -2.16. The molecule has 2 aromatic rings. The largest absolute Gasteiger partial charge is 0.489 e. The fourth-order valence-corrected chi connectivity index (χ4v) is 3.26. The van der Waals surface area contributed by atoms with E-state index in [2.05, 4.69) is 49.8 Å². The molecule has 2 N–H and O–H groups in total. The van der Waals surface area contributed by atoms with Crippen LogP contribution >= 0.6 is 0 Å². The first kappa shape index (κ1) is 20.6. The van der Waals surface area contributed by atoms with Crippen LogP contribution in [0.1, 0.15) is 66.1 Å². The van der Waals surface area contributed by atoms with Crippen molar-refractivity contribution in [3.05, 3.63) is 76.5 Å². The summed E-state index contributed by atoms with van der Waals surface area (Å²) in [4.78, 5) is 23.7. The maximum Gasteiger partial charge on any atom is 0.269 e. The number of hydrogen-bond acceptors (Lipinski definition) is 4. The molecule has 5 nitrogen and oxygen atoms in total. The molecule has 0 saturated carbocycles. The normalized spacial score (nSPS) is 13.8. The van der Waals surface area contributed by atoms with E-state index in [0.29, 0.717) is 24.5 Å². The molecule has 1 amide bonds. The first-order valence-electron chi connectivity index (χ1n) is 10.0. The van der Waals surface area contributed by atoms with Gasteiger partial charge in [0.05, 0.1) is 0 Å². The quantitative estimate of drug-likeness (QED) is 0.678. The van der Waals surface area contributed by atoms with Gasteiger partial charge < -0.3 is 10.2 Å². The van der Waals surface area contributed by atoms with Crippen LogP contribution in [-0.4, -0.2) is 11.7 Å². The molecular weight excluding hydrogens is 364 g/mol. The fraction of sp³-hybridized carbons (Fsp3) is 0.333. The van der Waals surface area contributed by atoms with Gasteiger partial charge in [-0.25, -0.2) is 0 Å². The average Bonchev–Trinajstić information content (AvgIpc) is 2.71. The van der Waals surface area contributed by atoms with Crippen molar-refractivity contribution in [2.45, 2.75) is 52.6 Å². The second-order valence-electron chi connectivity index (χ2n) is 7.75. The van der Waals surface area contributed by atoms with Crippen molar-refractivity contribution >= 4 is 11.7 Å². The molecule has 152 valence electrons. The van der Waals surface area contributed by atoms with Gasteiger partial charge in [0.15, 0.2) is 5.78 Å². The van der Waals surface area contributed by atoms with Crippen LogP contribution in [0.15, 0.2) is 54.2 Å². The third kappa shape index (κ3) is 5.70. The Morgan fingerprint density at radius 2 is 1.86 bits per heavy atom. The zero-order valence-electron chi connectivity index (χ0n) is 17.2. The molecule has 0 heterocycles. The first-order valence-corrected chi connectivity index (χ1v) is 10.0. The number of hydrazine groups is 1. The lowest BCUT2D eigenvalue weighted by atomic mass is 10.0. The van der Waals surface area contributed by atoms with Gasteiger partial charge in [-0.1, -0.05) is 38.1 Å². The van der Waals surface area contributed by atoms with Crippen molar-refractivity contribution in [1.29, 1.82) is 0 Å². The highest BCUT2D eigenvalue weighted by molar-refractivity contribution is 5.94. The molecule has 29 heavy (non-hydrogen) atoms. The molecule has 0 saturated heterocycles. The molecule has 0 unspecified atom stereocenters. The number of amides is 1. The zero-order chi connectivity index (χ0) is 20.8. The minimum atomic E-state index is -0.239. The Bertz CT molecular complexity index is 914. The second-order valence-corrected chi connectivity index (χ2v) is 7.75. The summed E-state index contributed by atoms with van der Waals surface area (Å²) in [5.74, 6) is 1.14. The van der Waals surface area contributed by atoms with Gasteiger partial charge >= 0.3 is 0 Å². The summed E-state index contributed by atoms with van der Waals surface area (Å²) in [6.45, 7) is 6.80. The second kappa shape index (κ2) is 9.41. The highest BCUT2D eigenvalue weighted by Gasteiger charge is 2.12. The van der Waals surface area contributed by atoms with Crippen LogP contribution in [-0.2, 0) is 11.4 Å². The highest BCUT2D eigenvalue weighted by atomic mass is 16.5. The number of rotatable bonds is 7. The van der Waals surface area contributed by atoms with Crippen LogP contribution in [0.3, 0.4) is 0 Å². The number of aryl methyl sites for hydroxylation is 1. The van der Waals surface area contributed by atoms with Gasteiger partial charge in [0.2, 0.25) is 0 Å². The van der Waals surface area contributed by atoms with E-state index in [-0.39, 0.29) is 11.7 Å². The van der Waals surface area contributed by atoms with E-state index < -0.39 is 0 Å². The Labute approximate surface area is 172 Å². The third-order valence-electron chi connectivity index (χ3n) is 4.94. The smallest absolute Gasteiger partial charge is 0.269 e. The van der Waals surface area contributed by atoms with E-state index in [1.54, 1.807) is 18.2 Å². The van der Waals surface area contributed by atoms with E-state index in [4.69, 9.17) is 4.74 Å². The summed E-state index contributed by atoms with van der Waals surface area (Å²) in [5, 5.41) is 0. The van der Waals surface area contributed by atoms with Gasteiger partial charge in [0, 0.05) is 23.8 Å². The van der Waals surface area contributed by atoms with Crippen LogP contribution < -0.4 is 15.6 Å². The Morgan fingerprint density at radius 3 is 2.55 bits per heavy atom. The number of nitrogens with one attached hydrogen (secondary N) is 2. The van der Waals surface area contributed by atoms with Crippen LogP contribution in [0.5, 0.6) is 5.75 Å². The number of allylic oxidation sites excluding steroid dienone is 2. The minimum absolute atomic E-state index is 0.0894. The molecule has 0 aliphatic heterocycles. The zero-order valence-corrected chi connectivity index (χ0v) is 17.2. The summed E-state index contributed by atoms with van der Waals surface area (Å²) >= 11 is 0. The summed E-state index contributed by atoms with van der Waals surface area (Å²) in [6.07, 6.45) is 3.70. The number of benzene rings is 2. The van der Waals surface area contributed by atoms with Crippen molar-refractivity contribution in [2.24, 2.45) is 0 Å². The Morgan fingerprint density at radius 1 is 1.10 bits per heavy atom. The van der Waals surface area contributed by atoms with Crippen molar-refractivity contribution in [2.75, 3.05) is 0 Å². The van der Waals surface area contributed by atoms with Crippen LogP contribution in [0.2, 0.25) is 0 Å². The van der Waals surface area contributed by atoms with Crippen LogP contribution in [0.25, 0.3) is 0 Å². The first-order chi connectivity index (χ1) is 13.9. The monoisotopic (exact) mass is 392 g/mol. The van der Waals surface area contributed by atoms with Gasteiger partial charge in [0.1, 0.15) is 12.4 Å². The van der Waals surface area contributed by atoms with Gasteiger partial charge in [0.25, 0.3) is 5.91 Å². The standard InChI is InChI=1S/C24H28N2O3/c1-16(2)22-12-7-17(3)13-23(22)29-15-18-8-10-19(11-9-18)24(28)26-25-20-5-4-6-21(27)14-20/h7-14,16,25H,4-6,15H2,1-3H3,(H,26,28). The number of hydrogen-bond donors (Lipinski definition) is 2. The molecule has 1 aliphatic carbocycles. The van der Waals surface area contributed by atoms with Crippen LogP contribution in [0, 0.1) is 6.92 Å². The summed E-state index contributed by atoms with van der Waals surface area (Å²) in [7, 11) is 0. The molecule has 0 spiro atoms. The van der Waals surface area contributed by atoms with Gasteiger partial charge in [-0.2, -0.15) is 0 Å². The number of ether oxygens (including phenoxy) is 1. The Kier molecular flexibility index (Phi) is 6.70. The molecule has 3 rings (SSSR count). The molecule has 0 aromatic heterocycles. The molecule has 0 fully saturated rings. The lowest BCUT2D eigenvalue weighted by molar-refractivity contribution is -0.115. The van der Waals surface area contributed by atoms with Crippen molar-refractivity contribution in [1.82, 2.24) is 10.9 Å². The van der Waals surface area contributed by atoms with Crippen molar-refractivity contribution in [3.8, 4) is 5.75 Å².